The molecule has 0 saturated heterocycles. The quantitative estimate of drug-likeness (QED) is 0.847. The molecule has 1 amide bonds. The Bertz CT molecular complexity index is 535. The Morgan fingerprint density at radius 2 is 1.86 bits per heavy atom. The van der Waals surface area contributed by atoms with Crippen LogP contribution in [0.25, 0.3) is 0 Å². The van der Waals surface area contributed by atoms with Crippen molar-refractivity contribution < 1.29 is 27.8 Å². The van der Waals surface area contributed by atoms with Crippen molar-refractivity contribution in [2.45, 2.75) is 31.4 Å². The topological polar surface area (TPSA) is 64.6 Å². The number of alkyl carbamates (subject to hydrolysis) is 1. The van der Waals surface area contributed by atoms with E-state index < -0.39 is 36.6 Å². The van der Waals surface area contributed by atoms with Gasteiger partial charge in [0.05, 0.1) is 0 Å². The summed E-state index contributed by atoms with van der Waals surface area (Å²) in [5.41, 5.74) is -1.11. The number of esters is 1. The van der Waals surface area contributed by atoms with Crippen LogP contribution in [-0.4, -0.2) is 30.1 Å². The molecule has 0 bridgehead atoms. The minimum absolute atomic E-state index is 0.0259. The maximum atomic E-state index is 13.4. The van der Waals surface area contributed by atoms with E-state index in [2.05, 4.69) is 10.1 Å². The predicted molar refractivity (Wildman–Crippen MR) is 68.7 cm³/mol. The number of nitrogens with one attached hydrogen (secondary N) is 1. The van der Waals surface area contributed by atoms with E-state index in [0.717, 1.165) is 12.5 Å². The number of ether oxygens (including phenoxy) is 2. The molecule has 0 heterocycles. The lowest BCUT2D eigenvalue weighted by molar-refractivity contribution is -0.142. The summed E-state index contributed by atoms with van der Waals surface area (Å²) in [5.74, 6) is -3.79. The zero-order chi connectivity index (χ0) is 15.5. The SMILES string of the molecule is CC(=O)OC[C@@]1(NC(=O)OCc2ccccc2)CC1(F)F. The third-order valence-corrected chi connectivity index (χ3v) is 3.17. The zero-order valence-electron chi connectivity index (χ0n) is 11.4. The van der Waals surface area contributed by atoms with Crippen LogP contribution in [0.1, 0.15) is 18.9 Å². The molecular formula is C14H15F2NO4. The number of hydrogen-bond donors (Lipinski definition) is 1. The number of halogens is 2. The molecule has 2 rings (SSSR count). The first-order valence-corrected chi connectivity index (χ1v) is 6.35. The Hall–Kier alpha value is -2.18. The smallest absolute Gasteiger partial charge is 0.408 e. The van der Waals surface area contributed by atoms with E-state index in [1.54, 1.807) is 24.3 Å². The van der Waals surface area contributed by atoms with E-state index in [1.165, 1.54) is 0 Å². The average Bonchev–Trinajstić information content (AvgIpc) is 2.97. The van der Waals surface area contributed by atoms with Gasteiger partial charge in [-0.05, 0) is 5.56 Å². The van der Waals surface area contributed by atoms with E-state index in [-0.39, 0.29) is 6.61 Å². The van der Waals surface area contributed by atoms with Gasteiger partial charge in [-0.1, -0.05) is 30.3 Å². The molecule has 1 aliphatic carbocycles. The number of rotatable bonds is 5. The van der Waals surface area contributed by atoms with Crippen molar-refractivity contribution in [1.82, 2.24) is 5.32 Å². The molecule has 1 aromatic carbocycles. The summed E-state index contributed by atoms with van der Waals surface area (Å²) in [6.45, 7) is 0.513. The van der Waals surface area contributed by atoms with Gasteiger partial charge >= 0.3 is 12.1 Å². The van der Waals surface area contributed by atoms with Crippen LogP contribution < -0.4 is 5.32 Å². The summed E-state index contributed by atoms with van der Waals surface area (Å²) in [4.78, 5) is 22.3. The van der Waals surface area contributed by atoms with Gasteiger partial charge in [0.15, 0.2) is 0 Å². The maximum Gasteiger partial charge on any atom is 0.408 e. The van der Waals surface area contributed by atoms with E-state index in [9.17, 15) is 18.4 Å². The molecule has 7 heteroatoms. The molecule has 0 radical (unpaired) electrons. The van der Waals surface area contributed by atoms with Crippen LogP contribution in [0.4, 0.5) is 13.6 Å². The number of hydrogen-bond acceptors (Lipinski definition) is 4. The van der Waals surface area contributed by atoms with Crippen molar-refractivity contribution in [3.63, 3.8) is 0 Å². The van der Waals surface area contributed by atoms with Gasteiger partial charge < -0.3 is 14.8 Å². The highest BCUT2D eigenvalue weighted by molar-refractivity contribution is 5.70. The molecule has 0 aliphatic heterocycles. The number of alkyl halides is 2. The van der Waals surface area contributed by atoms with Crippen molar-refractivity contribution in [2.75, 3.05) is 6.61 Å². The second-order valence-corrected chi connectivity index (χ2v) is 4.93. The van der Waals surface area contributed by atoms with Gasteiger partial charge in [0.1, 0.15) is 18.8 Å². The van der Waals surface area contributed by atoms with Gasteiger partial charge in [-0.25, -0.2) is 13.6 Å². The van der Waals surface area contributed by atoms with Crippen molar-refractivity contribution in [3.8, 4) is 0 Å². The van der Waals surface area contributed by atoms with Gasteiger partial charge in [-0.3, -0.25) is 4.79 Å². The first-order valence-electron chi connectivity index (χ1n) is 6.35. The Balaban J connectivity index is 1.87. The minimum Gasteiger partial charge on any atom is -0.463 e. The summed E-state index contributed by atoms with van der Waals surface area (Å²) in [5, 5.41) is 2.09. The third kappa shape index (κ3) is 3.68. The Morgan fingerprint density at radius 3 is 2.38 bits per heavy atom. The lowest BCUT2D eigenvalue weighted by Gasteiger charge is -2.17. The molecular weight excluding hydrogens is 284 g/mol. The molecule has 1 saturated carbocycles. The number of amides is 1. The fourth-order valence-corrected chi connectivity index (χ4v) is 1.84. The van der Waals surface area contributed by atoms with Gasteiger partial charge in [0.25, 0.3) is 5.92 Å². The molecule has 1 aliphatic rings. The molecule has 1 aromatic rings. The van der Waals surface area contributed by atoms with Crippen LogP contribution in [0.2, 0.25) is 0 Å². The average molecular weight is 299 g/mol. The van der Waals surface area contributed by atoms with Crippen molar-refractivity contribution in [1.29, 1.82) is 0 Å². The predicted octanol–water partition coefficient (Wildman–Crippen LogP) is 2.25. The van der Waals surface area contributed by atoms with E-state index in [4.69, 9.17) is 4.74 Å². The van der Waals surface area contributed by atoms with Crippen molar-refractivity contribution in [3.05, 3.63) is 35.9 Å². The second-order valence-electron chi connectivity index (χ2n) is 4.93. The van der Waals surface area contributed by atoms with Crippen LogP contribution in [0.3, 0.4) is 0 Å². The van der Waals surface area contributed by atoms with E-state index in [0.29, 0.717) is 0 Å². The van der Waals surface area contributed by atoms with Crippen LogP contribution in [0.15, 0.2) is 30.3 Å². The largest absolute Gasteiger partial charge is 0.463 e. The van der Waals surface area contributed by atoms with Gasteiger partial charge in [-0.15, -0.1) is 0 Å². The molecule has 1 atom stereocenters. The lowest BCUT2D eigenvalue weighted by atomic mass is 10.2. The van der Waals surface area contributed by atoms with Crippen molar-refractivity contribution >= 4 is 12.1 Å². The van der Waals surface area contributed by atoms with Crippen molar-refractivity contribution in [2.24, 2.45) is 0 Å². The summed E-state index contributed by atoms with van der Waals surface area (Å²) in [6, 6.07) is 8.84. The maximum absolute atomic E-state index is 13.4. The highest BCUT2D eigenvalue weighted by Crippen LogP contribution is 2.52. The normalized spacial score (nSPS) is 22.2. The molecule has 114 valence electrons. The summed E-state index contributed by atoms with van der Waals surface area (Å²) in [6.07, 6.45) is -1.54. The molecule has 21 heavy (non-hydrogen) atoms. The standard InChI is InChI=1S/C14H15F2NO4/c1-10(18)21-9-13(8-14(13,15)16)17-12(19)20-7-11-5-3-2-4-6-11/h2-6H,7-9H2,1H3,(H,17,19)/t13-/m0/s1. The van der Waals surface area contributed by atoms with Crippen LogP contribution in [-0.2, 0) is 20.9 Å². The first kappa shape index (κ1) is 15.2. The zero-order valence-corrected chi connectivity index (χ0v) is 11.4. The molecule has 1 fully saturated rings. The van der Waals surface area contributed by atoms with Crippen LogP contribution >= 0.6 is 0 Å². The third-order valence-electron chi connectivity index (χ3n) is 3.17. The Morgan fingerprint density at radius 1 is 1.24 bits per heavy atom. The molecule has 1 N–H and O–H groups in total. The second kappa shape index (κ2) is 5.67. The minimum atomic E-state index is -3.10. The van der Waals surface area contributed by atoms with E-state index >= 15 is 0 Å². The van der Waals surface area contributed by atoms with E-state index in [1.807, 2.05) is 6.07 Å². The summed E-state index contributed by atoms with van der Waals surface area (Å²) >= 11 is 0. The Kier molecular flexibility index (Phi) is 4.11. The molecule has 0 spiro atoms. The van der Waals surface area contributed by atoms with Gasteiger partial charge in [0, 0.05) is 13.3 Å². The highest BCUT2D eigenvalue weighted by atomic mass is 19.3. The fourth-order valence-electron chi connectivity index (χ4n) is 1.84. The Labute approximate surface area is 120 Å². The molecule has 0 unspecified atom stereocenters. The van der Waals surface area contributed by atoms with Crippen LogP contribution in [0.5, 0.6) is 0 Å². The fraction of sp³-hybridized carbons (Fsp3) is 0.429. The lowest BCUT2D eigenvalue weighted by Crippen LogP contribution is -2.45. The highest BCUT2D eigenvalue weighted by Gasteiger charge is 2.73. The van der Waals surface area contributed by atoms with Crippen LogP contribution in [0, 0.1) is 0 Å². The summed E-state index contributed by atoms with van der Waals surface area (Å²) in [7, 11) is 0. The molecule has 5 nitrogen and oxygen atoms in total. The number of benzene rings is 1. The number of carbonyl (C=O) groups excluding carboxylic acids is 2. The molecule has 0 aromatic heterocycles. The van der Waals surface area contributed by atoms with Gasteiger partial charge in [-0.2, -0.15) is 0 Å². The first-order chi connectivity index (χ1) is 9.85. The number of carbonyl (C=O) groups is 2. The van der Waals surface area contributed by atoms with Gasteiger partial charge in [0.2, 0.25) is 0 Å². The monoisotopic (exact) mass is 299 g/mol. The summed E-state index contributed by atoms with van der Waals surface area (Å²) < 4.78 is 36.2.